The van der Waals surface area contributed by atoms with Crippen molar-refractivity contribution in [3.63, 3.8) is 0 Å². The summed E-state index contributed by atoms with van der Waals surface area (Å²) in [7, 11) is 0. The van der Waals surface area contributed by atoms with Crippen molar-refractivity contribution >= 4 is 0 Å². The van der Waals surface area contributed by atoms with Gasteiger partial charge in [-0.2, -0.15) is 0 Å². The summed E-state index contributed by atoms with van der Waals surface area (Å²) < 4.78 is 5.79. The molecule has 2 aliphatic heterocycles. The van der Waals surface area contributed by atoms with Crippen molar-refractivity contribution in [3.8, 4) is 0 Å². The summed E-state index contributed by atoms with van der Waals surface area (Å²) in [6.45, 7) is 11.7. The Kier molecular flexibility index (Phi) is 5.93. The summed E-state index contributed by atoms with van der Waals surface area (Å²) in [6, 6.07) is 0. The molecular weight excluding hydrogens is 224 g/mol. The minimum atomic E-state index is 0.530. The summed E-state index contributed by atoms with van der Waals surface area (Å²) in [6.07, 6.45) is 5.60. The third-order valence-corrected chi connectivity index (χ3v) is 4.47. The molecule has 18 heavy (non-hydrogen) atoms. The van der Waals surface area contributed by atoms with Crippen LogP contribution in [0.5, 0.6) is 0 Å². The van der Waals surface area contributed by atoms with Gasteiger partial charge < -0.3 is 15.0 Å². The number of nitrogens with one attached hydrogen (secondary N) is 1. The van der Waals surface area contributed by atoms with Crippen molar-refractivity contribution in [3.05, 3.63) is 0 Å². The molecule has 2 saturated heterocycles. The first-order chi connectivity index (χ1) is 8.83. The monoisotopic (exact) mass is 254 g/mol. The van der Waals surface area contributed by atoms with Gasteiger partial charge in [-0.3, -0.25) is 0 Å². The Bertz CT molecular complexity index is 235. The minimum Gasteiger partial charge on any atom is -0.378 e. The van der Waals surface area contributed by atoms with Gasteiger partial charge in [0, 0.05) is 19.7 Å². The number of ether oxygens (including phenoxy) is 1. The topological polar surface area (TPSA) is 24.5 Å². The Hall–Kier alpha value is -0.120. The van der Waals surface area contributed by atoms with Crippen LogP contribution in [0.4, 0.5) is 0 Å². The molecule has 106 valence electrons. The Morgan fingerprint density at radius 3 is 2.94 bits per heavy atom. The van der Waals surface area contributed by atoms with Crippen LogP contribution in [0.25, 0.3) is 0 Å². The highest BCUT2D eigenvalue weighted by molar-refractivity contribution is 4.83. The molecule has 0 spiro atoms. The van der Waals surface area contributed by atoms with Crippen molar-refractivity contribution < 1.29 is 4.74 Å². The quantitative estimate of drug-likeness (QED) is 0.704. The molecule has 3 nitrogen and oxygen atoms in total. The van der Waals surface area contributed by atoms with E-state index in [1.54, 1.807) is 0 Å². The highest BCUT2D eigenvalue weighted by Crippen LogP contribution is 2.26. The van der Waals surface area contributed by atoms with Crippen molar-refractivity contribution in [2.24, 2.45) is 11.8 Å². The first-order valence-electron chi connectivity index (χ1n) is 7.88. The van der Waals surface area contributed by atoms with Gasteiger partial charge >= 0.3 is 0 Å². The van der Waals surface area contributed by atoms with Gasteiger partial charge in [0.1, 0.15) is 0 Å². The van der Waals surface area contributed by atoms with E-state index >= 15 is 0 Å². The van der Waals surface area contributed by atoms with Gasteiger partial charge in [-0.1, -0.05) is 13.8 Å². The molecule has 2 aliphatic rings. The Morgan fingerprint density at radius 2 is 2.17 bits per heavy atom. The Balaban J connectivity index is 1.66. The second-order valence-corrected chi connectivity index (χ2v) is 5.98. The fraction of sp³-hybridized carbons (Fsp3) is 1.00. The fourth-order valence-corrected chi connectivity index (χ4v) is 3.41. The average Bonchev–Trinajstić information content (AvgIpc) is 2.99. The molecule has 3 atom stereocenters. The second-order valence-electron chi connectivity index (χ2n) is 5.98. The summed E-state index contributed by atoms with van der Waals surface area (Å²) in [5.74, 6) is 1.66. The van der Waals surface area contributed by atoms with Gasteiger partial charge in [0.2, 0.25) is 0 Å². The number of rotatable bonds is 7. The maximum absolute atomic E-state index is 5.79. The molecular formula is C15H30N2O. The van der Waals surface area contributed by atoms with Crippen LogP contribution in [0.1, 0.15) is 39.5 Å². The molecule has 0 aliphatic carbocycles. The lowest BCUT2D eigenvalue weighted by Gasteiger charge is -2.23. The molecule has 3 heteroatoms. The molecule has 0 aromatic rings. The predicted molar refractivity (Wildman–Crippen MR) is 75.8 cm³/mol. The smallest absolute Gasteiger partial charge is 0.0613 e. The van der Waals surface area contributed by atoms with Crippen LogP contribution in [-0.4, -0.2) is 50.3 Å². The van der Waals surface area contributed by atoms with Gasteiger partial charge in [-0.25, -0.2) is 0 Å². The molecule has 0 aromatic heterocycles. The van der Waals surface area contributed by atoms with E-state index in [-0.39, 0.29) is 0 Å². The lowest BCUT2D eigenvalue weighted by Crippen LogP contribution is -2.32. The van der Waals surface area contributed by atoms with E-state index in [4.69, 9.17) is 4.74 Å². The molecule has 0 saturated carbocycles. The SMILES string of the molecule is CCCNCC1CCN(CC2CCOC2CC)C1. The molecule has 1 N–H and O–H groups in total. The lowest BCUT2D eigenvalue weighted by atomic mass is 9.99. The molecule has 2 fully saturated rings. The Labute approximate surface area is 112 Å². The van der Waals surface area contributed by atoms with E-state index in [2.05, 4.69) is 24.1 Å². The molecule has 0 bridgehead atoms. The zero-order valence-corrected chi connectivity index (χ0v) is 12.2. The van der Waals surface area contributed by atoms with Gasteiger partial charge in [0.15, 0.2) is 0 Å². The zero-order chi connectivity index (χ0) is 12.8. The molecule has 3 unspecified atom stereocenters. The maximum Gasteiger partial charge on any atom is 0.0613 e. The third kappa shape index (κ3) is 3.94. The van der Waals surface area contributed by atoms with Crippen molar-refractivity contribution in [1.82, 2.24) is 10.2 Å². The predicted octanol–water partition coefficient (Wildman–Crippen LogP) is 2.12. The fourth-order valence-electron chi connectivity index (χ4n) is 3.41. The number of hydrogen-bond acceptors (Lipinski definition) is 3. The van der Waals surface area contributed by atoms with Crippen molar-refractivity contribution in [1.29, 1.82) is 0 Å². The minimum absolute atomic E-state index is 0.530. The van der Waals surface area contributed by atoms with Gasteiger partial charge in [0.25, 0.3) is 0 Å². The van der Waals surface area contributed by atoms with Crippen LogP contribution in [-0.2, 0) is 4.74 Å². The normalized spacial score (nSPS) is 33.3. The van der Waals surface area contributed by atoms with E-state index in [9.17, 15) is 0 Å². The van der Waals surface area contributed by atoms with Crippen molar-refractivity contribution in [2.75, 3.05) is 39.3 Å². The van der Waals surface area contributed by atoms with E-state index in [1.165, 1.54) is 58.4 Å². The van der Waals surface area contributed by atoms with E-state index in [0.717, 1.165) is 18.4 Å². The van der Waals surface area contributed by atoms with Crippen LogP contribution in [0.15, 0.2) is 0 Å². The first-order valence-corrected chi connectivity index (χ1v) is 7.88. The highest BCUT2D eigenvalue weighted by Gasteiger charge is 2.31. The van der Waals surface area contributed by atoms with Crippen LogP contribution in [0.3, 0.4) is 0 Å². The number of hydrogen-bond donors (Lipinski definition) is 1. The maximum atomic E-state index is 5.79. The number of likely N-dealkylation sites (tertiary alicyclic amines) is 1. The standard InChI is InChI=1S/C15H30N2O/c1-3-7-16-10-13-5-8-17(11-13)12-14-6-9-18-15(14)4-2/h13-16H,3-12H2,1-2H3. The van der Waals surface area contributed by atoms with E-state index in [0.29, 0.717) is 6.10 Å². The van der Waals surface area contributed by atoms with Gasteiger partial charge in [-0.15, -0.1) is 0 Å². The summed E-state index contributed by atoms with van der Waals surface area (Å²) >= 11 is 0. The third-order valence-electron chi connectivity index (χ3n) is 4.47. The zero-order valence-electron chi connectivity index (χ0n) is 12.2. The largest absolute Gasteiger partial charge is 0.378 e. The lowest BCUT2D eigenvalue weighted by molar-refractivity contribution is 0.0779. The first kappa shape index (κ1) is 14.3. The van der Waals surface area contributed by atoms with E-state index < -0.39 is 0 Å². The highest BCUT2D eigenvalue weighted by atomic mass is 16.5. The summed E-state index contributed by atoms with van der Waals surface area (Å²) in [5.41, 5.74) is 0. The summed E-state index contributed by atoms with van der Waals surface area (Å²) in [4.78, 5) is 2.67. The molecule has 0 aromatic carbocycles. The molecule has 0 amide bonds. The van der Waals surface area contributed by atoms with Crippen LogP contribution in [0, 0.1) is 11.8 Å². The molecule has 2 heterocycles. The van der Waals surface area contributed by atoms with Crippen LogP contribution >= 0.6 is 0 Å². The average molecular weight is 254 g/mol. The Morgan fingerprint density at radius 1 is 1.28 bits per heavy atom. The van der Waals surface area contributed by atoms with Crippen LogP contribution in [0.2, 0.25) is 0 Å². The molecule has 0 radical (unpaired) electrons. The van der Waals surface area contributed by atoms with Crippen LogP contribution < -0.4 is 5.32 Å². The van der Waals surface area contributed by atoms with Crippen molar-refractivity contribution in [2.45, 2.75) is 45.6 Å². The van der Waals surface area contributed by atoms with Gasteiger partial charge in [-0.05, 0) is 57.2 Å². The van der Waals surface area contributed by atoms with E-state index in [1.807, 2.05) is 0 Å². The second kappa shape index (κ2) is 7.46. The number of nitrogens with zero attached hydrogens (tertiary/aromatic N) is 1. The van der Waals surface area contributed by atoms with Gasteiger partial charge in [0.05, 0.1) is 6.10 Å². The summed E-state index contributed by atoms with van der Waals surface area (Å²) in [5, 5.41) is 3.56. The molecule has 2 rings (SSSR count).